The lowest BCUT2D eigenvalue weighted by molar-refractivity contribution is -0.245. The Balaban J connectivity index is 0.000000252. The average molecular weight is 739 g/mol. The molecular weight excluding hydrogens is 692 g/mol. The van der Waals surface area contributed by atoms with Crippen molar-refractivity contribution in [3.8, 4) is 11.5 Å². The second-order valence-electron chi connectivity index (χ2n) is 14.0. The van der Waals surface area contributed by atoms with E-state index < -0.39 is 53.0 Å². The zero-order chi connectivity index (χ0) is 38.2. The number of carbonyl (C=O) groups is 3. The third-order valence-electron chi connectivity index (χ3n) is 9.22. The minimum absolute atomic E-state index is 0.0226. The summed E-state index contributed by atoms with van der Waals surface area (Å²) in [6.07, 6.45) is -1.78. The highest BCUT2D eigenvalue weighted by atomic mass is 16.7. The Morgan fingerprint density at radius 2 is 0.868 bits per heavy atom. The number of rotatable bonds is 9. The zero-order valence-corrected chi connectivity index (χ0v) is 30.4. The van der Waals surface area contributed by atoms with Gasteiger partial charge in [-0.05, 0) is 50.6 Å². The number of aliphatic carboxylic acids is 1. The summed E-state index contributed by atoms with van der Waals surface area (Å²) in [6, 6.07) is 21.7. The summed E-state index contributed by atoms with van der Waals surface area (Å²) in [5.74, 6) is -0.888. The van der Waals surface area contributed by atoms with Crippen LogP contribution >= 0.6 is 0 Å². The lowest BCUT2D eigenvalue weighted by Crippen LogP contribution is -2.48. The van der Waals surface area contributed by atoms with Crippen molar-refractivity contribution in [3.63, 3.8) is 0 Å². The molecule has 6 rings (SSSR count). The number of hydrogen-bond donors (Lipinski definition) is 2. The van der Waals surface area contributed by atoms with Crippen molar-refractivity contribution >= 4 is 17.9 Å². The van der Waals surface area contributed by atoms with Gasteiger partial charge in [-0.25, -0.2) is 0 Å². The van der Waals surface area contributed by atoms with E-state index in [0.29, 0.717) is 5.75 Å². The summed E-state index contributed by atoms with van der Waals surface area (Å²) in [6.45, 7) is 5.21. The second-order valence-corrected chi connectivity index (χ2v) is 14.0. The summed E-state index contributed by atoms with van der Waals surface area (Å²) in [4.78, 5) is 36.8. The van der Waals surface area contributed by atoms with Gasteiger partial charge in [-0.2, -0.15) is 0 Å². The number of ether oxygens (including phenoxy) is 9. The first-order valence-corrected chi connectivity index (χ1v) is 17.0. The highest BCUT2D eigenvalue weighted by Gasteiger charge is 2.47. The van der Waals surface area contributed by atoms with Crippen molar-refractivity contribution in [3.05, 3.63) is 95.1 Å². The van der Waals surface area contributed by atoms with E-state index in [2.05, 4.69) is 0 Å². The Bertz CT molecular complexity index is 1580. The molecule has 0 bridgehead atoms. The zero-order valence-electron chi connectivity index (χ0n) is 30.4. The first-order valence-electron chi connectivity index (χ1n) is 17.0. The van der Waals surface area contributed by atoms with Crippen LogP contribution in [0, 0.1) is 16.2 Å². The van der Waals surface area contributed by atoms with Gasteiger partial charge >= 0.3 is 17.9 Å². The molecule has 3 aliphatic heterocycles. The molecule has 0 unspecified atom stereocenters. The van der Waals surface area contributed by atoms with Gasteiger partial charge < -0.3 is 52.8 Å². The van der Waals surface area contributed by atoms with Crippen LogP contribution in [-0.4, -0.2) is 82.0 Å². The Labute approximate surface area is 307 Å². The summed E-state index contributed by atoms with van der Waals surface area (Å²) < 4.78 is 49.4. The second kappa shape index (κ2) is 17.2. The predicted molar refractivity (Wildman–Crippen MR) is 185 cm³/mol. The fraction of sp³-hybridized carbons (Fsp3) is 0.462. The van der Waals surface area contributed by atoms with Gasteiger partial charge in [0.2, 0.25) is 0 Å². The molecule has 3 aromatic carbocycles. The van der Waals surface area contributed by atoms with Gasteiger partial charge in [0, 0.05) is 16.7 Å². The number of esters is 2. The highest BCUT2D eigenvalue weighted by Crippen LogP contribution is 2.37. The first-order chi connectivity index (χ1) is 25.3. The van der Waals surface area contributed by atoms with Gasteiger partial charge in [-0.3, -0.25) is 14.4 Å². The summed E-state index contributed by atoms with van der Waals surface area (Å²) in [5.41, 5.74) is -0.0637. The van der Waals surface area contributed by atoms with Crippen LogP contribution < -0.4 is 9.47 Å². The minimum Gasteiger partial charge on any atom is -0.497 e. The van der Waals surface area contributed by atoms with Crippen LogP contribution in [0.1, 0.15) is 61.9 Å². The molecule has 0 amide bonds. The molecular formula is C39H46O14. The molecule has 0 atom stereocenters. The van der Waals surface area contributed by atoms with Gasteiger partial charge in [0.15, 0.2) is 18.9 Å². The van der Waals surface area contributed by atoms with Gasteiger partial charge in [-0.1, -0.05) is 48.5 Å². The summed E-state index contributed by atoms with van der Waals surface area (Å²) >= 11 is 0. The van der Waals surface area contributed by atoms with E-state index in [1.807, 2.05) is 36.4 Å². The first kappa shape index (κ1) is 39.8. The number of methoxy groups -OCH3 is 2. The molecule has 0 saturated carbocycles. The van der Waals surface area contributed by atoms with Crippen LogP contribution in [0.4, 0.5) is 0 Å². The maximum Gasteiger partial charge on any atom is 0.324 e. The number of aliphatic hydroxyl groups is 1. The Morgan fingerprint density at radius 3 is 1.15 bits per heavy atom. The molecule has 14 nitrogen and oxygen atoms in total. The van der Waals surface area contributed by atoms with E-state index in [9.17, 15) is 19.5 Å². The predicted octanol–water partition coefficient (Wildman–Crippen LogP) is 4.89. The fourth-order valence-electron chi connectivity index (χ4n) is 5.40. The number of hydrogen-bond acceptors (Lipinski definition) is 13. The molecule has 0 aliphatic carbocycles. The molecule has 0 radical (unpaired) electrons. The number of aliphatic hydroxyl groups excluding tert-OH is 1. The van der Waals surface area contributed by atoms with Crippen LogP contribution in [0.15, 0.2) is 72.8 Å². The van der Waals surface area contributed by atoms with E-state index in [4.69, 9.17) is 47.7 Å². The number of carbonyl (C=O) groups excluding carboxylic acids is 2. The topological polar surface area (TPSA) is 175 Å². The summed E-state index contributed by atoms with van der Waals surface area (Å²) in [7, 11) is 3.18. The molecule has 3 aliphatic rings. The fourth-order valence-corrected chi connectivity index (χ4v) is 5.40. The van der Waals surface area contributed by atoms with Crippen LogP contribution in [0.5, 0.6) is 11.5 Å². The van der Waals surface area contributed by atoms with E-state index >= 15 is 0 Å². The van der Waals surface area contributed by atoms with Crippen LogP contribution in [-0.2, 0) is 54.1 Å². The number of benzene rings is 3. The van der Waals surface area contributed by atoms with E-state index in [1.165, 1.54) is 0 Å². The van der Waals surface area contributed by atoms with Gasteiger partial charge in [0.05, 0.1) is 60.5 Å². The average Bonchev–Trinajstić information content (AvgIpc) is 3.19. The van der Waals surface area contributed by atoms with E-state index in [0.717, 1.165) is 28.0 Å². The van der Waals surface area contributed by atoms with Crippen molar-refractivity contribution in [2.45, 2.75) is 46.2 Å². The maximum atomic E-state index is 12.9. The Hall–Kier alpha value is -4.41. The van der Waals surface area contributed by atoms with Crippen molar-refractivity contribution < 1.29 is 67.2 Å². The van der Waals surface area contributed by atoms with Crippen molar-refractivity contribution in [1.82, 2.24) is 0 Å². The van der Waals surface area contributed by atoms with Crippen LogP contribution in [0.3, 0.4) is 0 Å². The lowest BCUT2D eigenvalue weighted by atomic mass is 9.90. The highest BCUT2D eigenvalue weighted by molar-refractivity contribution is 5.91. The maximum absolute atomic E-state index is 12.9. The largest absolute Gasteiger partial charge is 0.497 e. The van der Waals surface area contributed by atoms with Crippen LogP contribution in [0.2, 0.25) is 0 Å². The van der Waals surface area contributed by atoms with Gasteiger partial charge in [-0.15, -0.1) is 0 Å². The molecule has 0 spiro atoms. The monoisotopic (exact) mass is 738 g/mol. The van der Waals surface area contributed by atoms with Crippen LogP contribution in [0.25, 0.3) is 0 Å². The third kappa shape index (κ3) is 9.58. The normalized spacial score (nSPS) is 28.5. The van der Waals surface area contributed by atoms with E-state index in [1.54, 1.807) is 71.4 Å². The van der Waals surface area contributed by atoms with Crippen molar-refractivity contribution in [2.24, 2.45) is 16.2 Å². The standard InChI is InChI=1S/C26H30O9.C13H16O5/c1-25(13-31-21(32-14-25)18-6-4-17(12-27)5-7-18)23(28)35-24(29)26(2)15-33-22(34-16-26)19-8-10-20(30-3)11-9-19;1-13(12(14)15)7-17-11(18-8-13)9-3-5-10(16-2)6-4-9/h4-11,21-22,27H,12-16H2,1-3H3;3-6,11H,7-8H2,1-2H3,(H,14,15). The Kier molecular flexibility index (Phi) is 12.9. The molecule has 3 heterocycles. The van der Waals surface area contributed by atoms with Crippen molar-refractivity contribution in [1.29, 1.82) is 0 Å². The molecule has 2 N–H and O–H groups in total. The Morgan fingerprint density at radius 1 is 0.566 bits per heavy atom. The molecule has 14 heteroatoms. The molecule has 53 heavy (non-hydrogen) atoms. The minimum atomic E-state index is -1.14. The quantitative estimate of drug-likeness (QED) is 0.224. The van der Waals surface area contributed by atoms with Crippen molar-refractivity contribution in [2.75, 3.05) is 53.9 Å². The molecule has 3 fully saturated rings. The smallest absolute Gasteiger partial charge is 0.324 e. The molecule has 3 aromatic rings. The molecule has 3 saturated heterocycles. The number of carboxylic acids is 1. The SMILES string of the molecule is COc1ccc(C2OCC(C)(C(=O)O)CO2)cc1.COc1ccc(C2OCC(C)(C(=O)OC(=O)C3(C)COC(c4ccc(CO)cc4)OC3)CO2)cc1. The van der Waals surface area contributed by atoms with Gasteiger partial charge in [0.1, 0.15) is 27.7 Å². The number of carboxylic acid groups (broad SMARTS) is 1. The van der Waals surface area contributed by atoms with E-state index in [-0.39, 0.29) is 46.2 Å². The molecule has 286 valence electrons. The third-order valence-corrected chi connectivity index (χ3v) is 9.22. The molecule has 0 aromatic heterocycles. The lowest BCUT2D eigenvalue weighted by Gasteiger charge is -2.37. The van der Waals surface area contributed by atoms with Gasteiger partial charge in [0.25, 0.3) is 0 Å². The summed E-state index contributed by atoms with van der Waals surface area (Å²) in [5, 5.41) is 18.2.